The Bertz CT molecular complexity index is 870. The van der Waals surface area contributed by atoms with Crippen LogP contribution >= 0.6 is 0 Å². The molecule has 6 nitrogen and oxygen atoms in total. The Kier molecular flexibility index (Phi) is 7.82. The SMILES string of the molecule is CC(C)C(NC(=O)c1ccc(F)cc1)C(=O)NCCNC(=O)c1ccccc1F. The normalized spacial score (nSPS) is 11.6. The van der Waals surface area contributed by atoms with Crippen LogP contribution in [0.25, 0.3) is 0 Å². The van der Waals surface area contributed by atoms with Crippen molar-refractivity contribution in [1.82, 2.24) is 16.0 Å². The van der Waals surface area contributed by atoms with Crippen molar-refractivity contribution in [2.75, 3.05) is 13.1 Å². The van der Waals surface area contributed by atoms with Crippen LogP contribution in [-0.2, 0) is 4.79 Å². The molecule has 3 amide bonds. The number of carbonyl (C=O) groups is 3. The van der Waals surface area contributed by atoms with Crippen molar-refractivity contribution < 1.29 is 23.2 Å². The van der Waals surface area contributed by atoms with Crippen LogP contribution in [0.2, 0.25) is 0 Å². The fourth-order valence-corrected chi connectivity index (χ4v) is 2.57. The minimum Gasteiger partial charge on any atom is -0.353 e. The second-order valence-corrected chi connectivity index (χ2v) is 6.73. The zero-order valence-corrected chi connectivity index (χ0v) is 16.2. The maximum atomic E-state index is 13.6. The van der Waals surface area contributed by atoms with Crippen molar-refractivity contribution in [2.24, 2.45) is 5.92 Å². The second-order valence-electron chi connectivity index (χ2n) is 6.73. The summed E-state index contributed by atoms with van der Waals surface area (Å²) in [5.74, 6) is -2.79. The molecule has 0 saturated carbocycles. The predicted octanol–water partition coefficient (Wildman–Crippen LogP) is 2.27. The highest BCUT2D eigenvalue weighted by Gasteiger charge is 2.24. The van der Waals surface area contributed by atoms with Crippen molar-refractivity contribution in [3.63, 3.8) is 0 Å². The molecule has 0 aromatic heterocycles. The molecule has 0 spiro atoms. The monoisotopic (exact) mass is 403 g/mol. The van der Waals surface area contributed by atoms with E-state index < -0.39 is 35.4 Å². The molecule has 0 aliphatic carbocycles. The van der Waals surface area contributed by atoms with Crippen molar-refractivity contribution in [2.45, 2.75) is 19.9 Å². The Labute approximate surface area is 167 Å². The van der Waals surface area contributed by atoms with Crippen LogP contribution in [0.15, 0.2) is 48.5 Å². The van der Waals surface area contributed by atoms with E-state index in [9.17, 15) is 23.2 Å². The van der Waals surface area contributed by atoms with E-state index in [1.807, 2.05) is 0 Å². The summed E-state index contributed by atoms with van der Waals surface area (Å²) in [6.07, 6.45) is 0. The average molecular weight is 403 g/mol. The van der Waals surface area contributed by atoms with E-state index in [1.54, 1.807) is 19.9 Å². The van der Waals surface area contributed by atoms with Gasteiger partial charge in [-0.05, 0) is 42.3 Å². The van der Waals surface area contributed by atoms with Crippen LogP contribution < -0.4 is 16.0 Å². The van der Waals surface area contributed by atoms with E-state index in [0.29, 0.717) is 0 Å². The van der Waals surface area contributed by atoms with Crippen molar-refractivity contribution in [3.05, 3.63) is 71.3 Å². The zero-order chi connectivity index (χ0) is 21.4. The lowest BCUT2D eigenvalue weighted by atomic mass is 10.0. The molecular formula is C21H23F2N3O3. The molecule has 1 unspecified atom stereocenters. The number of carbonyl (C=O) groups excluding carboxylic acids is 3. The molecule has 0 saturated heterocycles. The van der Waals surface area contributed by atoms with E-state index in [1.165, 1.54) is 30.3 Å². The van der Waals surface area contributed by atoms with Crippen molar-refractivity contribution >= 4 is 17.7 Å². The van der Waals surface area contributed by atoms with E-state index in [2.05, 4.69) is 16.0 Å². The van der Waals surface area contributed by atoms with Gasteiger partial charge in [0.05, 0.1) is 5.56 Å². The Morgan fingerprint density at radius 3 is 2.10 bits per heavy atom. The van der Waals surface area contributed by atoms with Gasteiger partial charge in [0.2, 0.25) is 5.91 Å². The first-order valence-electron chi connectivity index (χ1n) is 9.16. The molecule has 0 heterocycles. The van der Waals surface area contributed by atoms with Crippen LogP contribution in [0.4, 0.5) is 8.78 Å². The lowest BCUT2D eigenvalue weighted by Crippen LogP contribution is -2.50. The van der Waals surface area contributed by atoms with Gasteiger partial charge in [0.15, 0.2) is 0 Å². The molecule has 0 radical (unpaired) electrons. The smallest absolute Gasteiger partial charge is 0.254 e. The fourth-order valence-electron chi connectivity index (χ4n) is 2.57. The Balaban J connectivity index is 1.84. The molecule has 0 aliphatic rings. The third-order valence-electron chi connectivity index (χ3n) is 4.17. The summed E-state index contributed by atoms with van der Waals surface area (Å²) in [6.45, 7) is 3.74. The maximum Gasteiger partial charge on any atom is 0.254 e. The maximum absolute atomic E-state index is 13.6. The number of halogens is 2. The van der Waals surface area contributed by atoms with Crippen molar-refractivity contribution in [3.8, 4) is 0 Å². The molecule has 1 atom stereocenters. The summed E-state index contributed by atoms with van der Waals surface area (Å²) in [7, 11) is 0. The number of hydrogen-bond donors (Lipinski definition) is 3. The number of nitrogens with one attached hydrogen (secondary N) is 3. The summed E-state index contributed by atoms with van der Waals surface area (Å²) in [6, 6.07) is 9.77. The second kappa shape index (κ2) is 10.3. The lowest BCUT2D eigenvalue weighted by molar-refractivity contribution is -0.123. The zero-order valence-electron chi connectivity index (χ0n) is 16.2. The lowest BCUT2D eigenvalue weighted by Gasteiger charge is -2.22. The first-order chi connectivity index (χ1) is 13.8. The fraction of sp³-hybridized carbons (Fsp3) is 0.286. The van der Waals surface area contributed by atoms with Gasteiger partial charge >= 0.3 is 0 Å². The molecule has 8 heteroatoms. The third kappa shape index (κ3) is 6.38. The van der Waals surface area contributed by atoms with Gasteiger partial charge in [-0.2, -0.15) is 0 Å². The summed E-state index contributed by atoms with van der Waals surface area (Å²) in [5.41, 5.74) is 0.160. The first kappa shape index (κ1) is 22.0. The average Bonchev–Trinajstić information content (AvgIpc) is 2.69. The Morgan fingerprint density at radius 2 is 1.48 bits per heavy atom. The molecule has 2 aromatic carbocycles. The Morgan fingerprint density at radius 1 is 0.862 bits per heavy atom. The number of benzene rings is 2. The molecule has 29 heavy (non-hydrogen) atoms. The van der Waals surface area contributed by atoms with Gasteiger partial charge in [0, 0.05) is 18.7 Å². The van der Waals surface area contributed by atoms with Gasteiger partial charge in [-0.25, -0.2) is 8.78 Å². The molecule has 0 aliphatic heterocycles. The number of amides is 3. The van der Waals surface area contributed by atoms with Crippen LogP contribution in [-0.4, -0.2) is 36.9 Å². The minimum absolute atomic E-state index is 0.0783. The van der Waals surface area contributed by atoms with E-state index in [-0.39, 0.29) is 30.1 Å². The molecule has 154 valence electrons. The largest absolute Gasteiger partial charge is 0.353 e. The summed E-state index contributed by atoms with van der Waals surface area (Å²) in [4.78, 5) is 36.6. The molecule has 3 N–H and O–H groups in total. The molecular weight excluding hydrogens is 380 g/mol. The van der Waals surface area contributed by atoms with Crippen LogP contribution in [0, 0.1) is 17.6 Å². The topological polar surface area (TPSA) is 87.3 Å². The van der Waals surface area contributed by atoms with E-state index in [4.69, 9.17) is 0 Å². The van der Waals surface area contributed by atoms with Crippen molar-refractivity contribution in [1.29, 1.82) is 0 Å². The van der Waals surface area contributed by atoms with Gasteiger partial charge in [-0.3, -0.25) is 14.4 Å². The quantitative estimate of drug-likeness (QED) is 0.591. The van der Waals surface area contributed by atoms with Gasteiger partial charge in [0.1, 0.15) is 17.7 Å². The van der Waals surface area contributed by atoms with Crippen LogP contribution in [0.3, 0.4) is 0 Å². The standard InChI is InChI=1S/C21H23F2N3O3/c1-13(2)18(26-19(27)14-7-9-15(22)10-8-14)21(29)25-12-11-24-20(28)16-5-3-4-6-17(16)23/h3-10,13,18H,11-12H2,1-2H3,(H,24,28)(H,25,29)(H,26,27). The summed E-state index contributed by atoms with van der Waals surface area (Å²) >= 11 is 0. The van der Waals surface area contributed by atoms with E-state index in [0.717, 1.165) is 12.1 Å². The third-order valence-corrected chi connectivity index (χ3v) is 4.17. The Hall–Kier alpha value is -3.29. The highest BCUT2D eigenvalue weighted by Crippen LogP contribution is 2.07. The number of hydrogen-bond acceptors (Lipinski definition) is 3. The highest BCUT2D eigenvalue weighted by molar-refractivity contribution is 5.97. The van der Waals surface area contributed by atoms with E-state index >= 15 is 0 Å². The van der Waals surface area contributed by atoms with Crippen LogP contribution in [0.5, 0.6) is 0 Å². The molecule has 2 rings (SSSR count). The van der Waals surface area contributed by atoms with Gasteiger partial charge < -0.3 is 16.0 Å². The molecule has 0 bridgehead atoms. The summed E-state index contributed by atoms with van der Waals surface area (Å²) in [5, 5.41) is 7.77. The van der Waals surface area contributed by atoms with Gasteiger partial charge in [-0.15, -0.1) is 0 Å². The van der Waals surface area contributed by atoms with Crippen LogP contribution in [0.1, 0.15) is 34.6 Å². The van der Waals surface area contributed by atoms with Gasteiger partial charge in [-0.1, -0.05) is 26.0 Å². The molecule has 0 fully saturated rings. The highest BCUT2D eigenvalue weighted by atomic mass is 19.1. The predicted molar refractivity (Wildman–Crippen MR) is 104 cm³/mol. The van der Waals surface area contributed by atoms with Gasteiger partial charge in [0.25, 0.3) is 11.8 Å². The minimum atomic E-state index is -0.810. The molecule has 2 aromatic rings. The number of rotatable bonds is 8. The summed E-state index contributed by atoms with van der Waals surface area (Å²) < 4.78 is 26.5. The first-order valence-corrected chi connectivity index (χ1v) is 9.16.